The Balaban J connectivity index is 2.00. The number of nitrogens with one attached hydrogen (secondary N) is 2. The van der Waals surface area contributed by atoms with Crippen LogP contribution in [0, 0.1) is 11.7 Å². The molecule has 0 radical (unpaired) electrons. The number of carbonyl (C=O) groups excluding carboxylic acids is 3. The zero-order valence-corrected chi connectivity index (χ0v) is 17.6. The number of anilines is 1. The molecule has 0 fully saturated rings. The van der Waals surface area contributed by atoms with E-state index in [0.717, 1.165) is 18.1 Å². The smallest absolute Gasteiger partial charge is 0.329 e. The van der Waals surface area contributed by atoms with Gasteiger partial charge in [0.05, 0.1) is 5.56 Å². The molecule has 0 spiro atoms. The number of hydrogen-bond acceptors (Lipinski definition) is 4. The fourth-order valence-electron chi connectivity index (χ4n) is 2.73. The lowest BCUT2D eigenvalue weighted by Gasteiger charge is -2.23. The summed E-state index contributed by atoms with van der Waals surface area (Å²) in [5.74, 6) is -3.00. The summed E-state index contributed by atoms with van der Waals surface area (Å²) < 4.78 is 19.1. The van der Waals surface area contributed by atoms with Crippen molar-refractivity contribution in [3.8, 4) is 0 Å². The molecule has 0 aliphatic heterocycles. The standard InChI is InChI=1S/C23H27FN2O4/c1-5-16-10-12-17(13-11-16)25-21(27)15(4)30-23(29)20(14(2)3)26-22(28)18-8-6-7-9-19(18)24/h6-15,20H,5H2,1-4H3,(H,25,27)(H,26,28)/t15-,20-/m0/s1. The normalized spacial score (nSPS) is 12.7. The van der Waals surface area contributed by atoms with E-state index in [9.17, 15) is 18.8 Å². The number of ether oxygens (including phenoxy) is 1. The lowest BCUT2D eigenvalue weighted by molar-refractivity contribution is -0.156. The Morgan fingerprint density at radius 3 is 2.20 bits per heavy atom. The first-order chi connectivity index (χ1) is 14.2. The third kappa shape index (κ3) is 6.14. The third-order valence-electron chi connectivity index (χ3n) is 4.62. The van der Waals surface area contributed by atoms with Crippen molar-refractivity contribution in [2.75, 3.05) is 5.32 Å². The second-order valence-electron chi connectivity index (χ2n) is 7.29. The summed E-state index contributed by atoms with van der Waals surface area (Å²) in [5, 5.41) is 5.18. The van der Waals surface area contributed by atoms with Crippen LogP contribution in [0.3, 0.4) is 0 Å². The average molecular weight is 414 g/mol. The Hall–Kier alpha value is -3.22. The van der Waals surface area contributed by atoms with E-state index in [1.165, 1.54) is 25.1 Å². The van der Waals surface area contributed by atoms with Crippen molar-refractivity contribution in [3.63, 3.8) is 0 Å². The van der Waals surface area contributed by atoms with Crippen molar-refractivity contribution in [3.05, 3.63) is 65.5 Å². The number of amides is 2. The van der Waals surface area contributed by atoms with Crippen molar-refractivity contribution in [1.82, 2.24) is 5.32 Å². The van der Waals surface area contributed by atoms with E-state index in [1.54, 1.807) is 26.0 Å². The second-order valence-corrected chi connectivity index (χ2v) is 7.29. The van der Waals surface area contributed by atoms with E-state index in [2.05, 4.69) is 10.6 Å². The van der Waals surface area contributed by atoms with Gasteiger partial charge in [-0.2, -0.15) is 0 Å². The highest BCUT2D eigenvalue weighted by molar-refractivity contribution is 5.98. The van der Waals surface area contributed by atoms with E-state index in [-0.39, 0.29) is 11.5 Å². The van der Waals surface area contributed by atoms with Gasteiger partial charge in [-0.1, -0.05) is 45.0 Å². The Morgan fingerprint density at radius 1 is 1.00 bits per heavy atom. The lowest BCUT2D eigenvalue weighted by Crippen LogP contribution is -2.47. The number of rotatable bonds is 8. The van der Waals surface area contributed by atoms with Crippen LogP contribution >= 0.6 is 0 Å². The molecule has 7 heteroatoms. The number of benzene rings is 2. The van der Waals surface area contributed by atoms with Crippen LogP contribution in [0.25, 0.3) is 0 Å². The van der Waals surface area contributed by atoms with E-state index in [1.807, 2.05) is 19.1 Å². The van der Waals surface area contributed by atoms with Gasteiger partial charge in [-0.15, -0.1) is 0 Å². The number of esters is 1. The van der Waals surface area contributed by atoms with Crippen LogP contribution in [0.15, 0.2) is 48.5 Å². The predicted octanol–water partition coefficient (Wildman–Crippen LogP) is 3.71. The molecule has 0 saturated heterocycles. The first-order valence-electron chi connectivity index (χ1n) is 9.88. The van der Waals surface area contributed by atoms with E-state index in [4.69, 9.17) is 4.74 Å². The van der Waals surface area contributed by atoms with Crippen molar-refractivity contribution < 1.29 is 23.5 Å². The molecule has 0 aromatic heterocycles. The van der Waals surface area contributed by atoms with Crippen molar-refractivity contribution in [1.29, 1.82) is 0 Å². The Kier molecular flexibility index (Phi) is 8.09. The first-order valence-corrected chi connectivity index (χ1v) is 9.88. The van der Waals surface area contributed by atoms with Crippen molar-refractivity contribution in [2.45, 2.75) is 46.3 Å². The van der Waals surface area contributed by atoms with Gasteiger partial charge in [-0.3, -0.25) is 9.59 Å². The van der Waals surface area contributed by atoms with Gasteiger partial charge >= 0.3 is 5.97 Å². The highest BCUT2D eigenvalue weighted by atomic mass is 19.1. The van der Waals surface area contributed by atoms with E-state index >= 15 is 0 Å². The SMILES string of the molecule is CCc1ccc(NC(=O)[C@H](C)OC(=O)[C@@H](NC(=O)c2ccccc2F)C(C)C)cc1. The second kappa shape index (κ2) is 10.5. The predicted molar refractivity (Wildman–Crippen MR) is 112 cm³/mol. The van der Waals surface area contributed by atoms with Crippen molar-refractivity contribution >= 4 is 23.5 Å². The summed E-state index contributed by atoms with van der Waals surface area (Å²) in [6.45, 7) is 6.91. The average Bonchev–Trinajstić information content (AvgIpc) is 2.72. The molecular weight excluding hydrogens is 387 g/mol. The van der Waals surface area contributed by atoms with E-state index < -0.39 is 35.7 Å². The first kappa shape index (κ1) is 23.1. The zero-order valence-electron chi connectivity index (χ0n) is 17.6. The molecule has 0 aliphatic rings. The molecule has 2 atom stereocenters. The number of aryl methyl sites for hydroxylation is 1. The fourth-order valence-corrected chi connectivity index (χ4v) is 2.73. The minimum absolute atomic E-state index is 0.169. The lowest BCUT2D eigenvalue weighted by atomic mass is 10.0. The van der Waals surface area contributed by atoms with Crippen LogP contribution in [0.5, 0.6) is 0 Å². The molecule has 0 saturated carbocycles. The maximum absolute atomic E-state index is 13.8. The van der Waals surface area contributed by atoms with Gasteiger partial charge in [0.2, 0.25) is 0 Å². The summed E-state index contributed by atoms with van der Waals surface area (Å²) in [6.07, 6.45) is -0.188. The van der Waals surface area contributed by atoms with Gasteiger partial charge in [0, 0.05) is 5.69 Å². The number of hydrogen-bond donors (Lipinski definition) is 2. The van der Waals surface area contributed by atoms with Gasteiger partial charge in [-0.05, 0) is 49.1 Å². The summed E-state index contributed by atoms with van der Waals surface area (Å²) in [6, 6.07) is 11.8. The van der Waals surface area contributed by atoms with Gasteiger partial charge in [0.1, 0.15) is 11.9 Å². The summed E-state index contributed by atoms with van der Waals surface area (Å²) in [5.41, 5.74) is 1.56. The topological polar surface area (TPSA) is 84.5 Å². The van der Waals surface area contributed by atoms with Crippen LogP contribution < -0.4 is 10.6 Å². The zero-order chi connectivity index (χ0) is 22.3. The maximum atomic E-state index is 13.8. The highest BCUT2D eigenvalue weighted by Gasteiger charge is 2.29. The molecule has 0 aliphatic carbocycles. The number of carbonyl (C=O) groups is 3. The minimum Gasteiger partial charge on any atom is -0.451 e. The molecule has 6 nitrogen and oxygen atoms in total. The van der Waals surface area contributed by atoms with Gasteiger partial charge < -0.3 is 15.4 Å². The molecular formula is C23H27FN2O4. The monoisotopic (exact) mass is 414 g/mol. The van der Waals surface area contributed by atoms with Gasteiger partial charge in [-0.25, -0.2) is 9.18 Å². The van der Waals surface area contributed by atoms with E-state index in [0.29, 0.717) is 5.69 Å². The summed E-state index contributed by atoms with van der Waals surface area (Å²) >= 11 is 0. The molecule has 2 rings (SSSR count). The van der Waals surface area contributed by atoms with Crippen LogP contribution in [0.4, 0.5) is 10.1 Å². The molecule has 2 aromatic carbocycles. The Morgan fingerprint density at radius 2 is 1.63 bits per heavy atom. The molecule has 160 valence electrons. The van der Waals surface area contributed by atoms with Crippen molar-refractivity contribution in [2.24, 2.45) is 5.92 Å². The fraction of sp³-hybridized carbons (Fsp3) is 0.348. The summed E-state index contributed by atoms with van der Waals surface area (Å²) in [7, 11) is 0. The minimum atomic E-state index is -1.07. The maximum Gasteiger partial charge on any atom is 0.329 e. The highest BCUT2D eigenvalue weighted by Crippen LogP contribution is 2.13. The quantitative estimate of drug-likeness (QED) is 0.645. The van der Waals surface area contributed by atoms with Crippen LogP contribution in [0.1, 0.15) is 43.6 Å². The van der Waals surface area contributed by atoms with Crippen LogP contribution in [-0.4, -0.2) is 29.9 Å². The van der Waals surface area contributed by atoms with Gasteiger partial charge in [0.25, 0.3) is 11.8 Å². The third-order valence-corrected chi connectivity index (χ3v) is 4.62. The largest absolute Gasteiger partial charge is 0.451 e. The molecule has 2 N–H and O–H groups in total. The Bertz CT molecular complexity index is 896. The molecule has 0 unspecified atom stereocenters. The summed E-state index contributed by atoms with van der Waals surface area (Å²) in [4.78, 5) is 37.3. The molecule has 2 amide bonds. The molecule has 2 aromatic rings. The Labute approximate surface area is 175 Å². The van der Waals surface area contributed by atoms with Crippen LogP contribution in [-0.2, 0) is 20.7 Å². The van der Waals surface area contributed by atoms with Crippen LogP contribution in [0.2, 0.25) is 0 Å². The molecule has 30 heavy (non-hydrogen) atoms. The van der Waals surface area contributed by atoms with Gasteiger partial charge in [0.15, 0.2) is 6.10 Å². The molecule has 0 heterocycles. The molecule has 0 bridgehead atoms. The number of halogens is 1.